The maximum Gasteiger partial charge on any atom is 0.119 e. The summed E-state index contributed by atoms with van der Waals surface area (Å²) in [6, 6.07) is 1.39. The van der Waals surface area contributed by atoms with E-state index in [9.17, 15) is 5.11 Å². The van der Waals surface area contributed by atoms with Gasteiger partial charge in [-0.3, -0.25) is 0 Å². The van der Waals surface area contributed by atoms with E-state index < -0.39 is 57.6 Å². The van der Waals surface area contributed by atoms with E-state index in [2.05, 4.69) is 4.74 Å². The van der Waals surface area contributed by atoms with Crippen molar-refractivity contribution in [1.82, 2.24) is 5.32 Å². The molecule has 1 aromatic rings. The zero-order valence-corrected chi connectivity index (χ0v) is 10.2. The van der Waals surface area contributed by atoms with Crippen molar-refractivity contribution in [3.8, 4) is 5.75 Å². The molecule has 0 saturated carbocycles. The molecule has 0 spiro atoms. The van der Waals surface area contributed by atoms with Crippen molar-refractivity contribution in [2.75, 3.05) is 26.7 Å². The molecule has 0 amide bonds. The average molecular weight is 282 g/mol. The quantitative estimate of drug-likeness (QED) is 0.722. The van der Waals surface area contributed by atoms with Crippen molar-refractivity contribution in [2.24, 2.45) is 0 Å². The van der Waals surface area contributed by atoms with Crippen LogP contribution in [-0.4, -0.2) is 44.0 Å². The third kappa shape index (κ3) is 7.15. The van der Waals surface area contributed by atoms with Crippen molar-refractivity contribution in [1.29, 1.82) is 0 Å². The second-order valence-electron chi connectivity index (χ2n) is 3.21. The number of hydrogen-bond acceptors (Lipinski definition) is 4. The Morgan fingerprint density at radius 3 is 2.79 bits per heavy atom. The summed E-state index contributed by atoms with van der Waals surface area (Å²) in [5.41, 5.74) is -0.233. The molecule has 0 saturated heterocycles. The van der Waals surface area contributed by atoms with Gasteiger partial charge in [0, 0.05) is 33.4 Å². The van der Waals surface area contributed by atoms with E-state index in [0.29, 0.717) is 0 Å². The first-order chi connectivity index (χ1) is 14.8. The predicted molar refractivity (Wildman–Crippen MR) is 76.7 cm³/mol. The van der Waals surface area contributed by atoms with E-state index in [4.69, 9.17) is 25.3 Å². The van der Waals surface area contributed by atoms with Gasteiger partial charge in [-0.05, 0) is 24.1 Å². The van der Waals surface area contributed by atoms with E-state index in [1.54, 1.807) is 0 Å². The fourth-order valence-corrected chi connectivity index (χ4v) is 0.990. The minimum atomic E-state index is -3.89. The Balaban J connectivity index is 3.23. The summed E-state index contributed by atoms with van der Waals surface area (Å²) in [6.07, 6.45) is -6.54. The summed E-state index contributed by atoms with van der Waals surface area (Å²) < 4.78 is 123. The molecule has 0 aliphatic heterocycles. The molecule has 0 aliphatic rings. The molecular weight excluding hydrogens is 242 g/mol. The normalized spacial score (nSPS) is 30.4. The molecule has 1 rings (SSSR count). The Morgan fingerprint density at radius 1 is 1.42 bits per heavy atom. The number of nitrogens with one attached hydrogen (secondary N) is 1. The second kappa shape index (κ2) is 8.91. The van der Waals surface area contributed by atoms with Crippen LogP contribution in [0.4, 0.5) is 0 Å². The Labute approximate surface area is 136 Å². The largest absolute Gasteiger partial charge is 0.491 e. The summed E-state index contributed by atoms with van der Waals surface area (Å²) in [5, 5.41) is 11.9. The molecule has 1 unspecified atom stereocenters. The van der Waals surface area contributed by atoms with E-state index in [1.165, 1.54) is 5.32 Å². The molecule has 4 heteroatoms. The lowest BCUT2D eigenvalue weighted by molar-refractivity contribution is 0.104. The van der Waals surface area contributed by atoms with Crippen LogP contribution in [0.2, 0.25) is 0 Å². The number of ether oxygens (including phenoxy) is 2. The smallest absolute Gasteiger partial charge is 0.119 e. The zero-order valence-electron chi connectivity index (χ0n) is 25.2. The van der Waals surface area contributed by atoms with Crippen molar-refractivity contribution >= 4 is 0 Å². The maximum absolute atomic E-state index is 10.4. The summed E-state index contributed by atoms with van der Waals surface area (Å²) >= 11 is 0. The molecule has 0 bridgehead atoms. The van der Waals surface area contributed by atoms with Crippen LogP contribution in [0.25, 0.3) is 0 Å². The molecule has 108 valence electrons. The molecule has 0 heterocycles. The van der Waals surface area contributed by atoms with Crippen LogP contribution >= 0.6 is 0 Å². The number of hydrogen-bond donors (Lipinski definition) is 2. The van der Waals surface area contributed by atoms with Gasteiger partial charge in [0.1, 0.15) is 18.4 Å². The molecule has 0 radical (unpaired) electrons. The van der Waals surface area contributed by atoms with Crippen LogP contribution in [0, 0.1) is 0 Å². The highest BCUT2D eigenvalue weighted by molar-refractivity contribution is 5.27. The highest BCUT2D eigenvalue weighted by Gasteiger charge is 2.05. The fraction of sp³-hybridized carbons (Fsp3) is 0.600. The molecule has 4 nitrogen and oxygen atoms in total. The van der Waals surface area contributed by atoms with Gasteiger partial charge in [0.15, 0.2) is 0 Å². The van der Waals surface area contributed by atoms with Gasteiger partial charge in [0.25, 0.3) is 0 Å². The third-order valence-corrected chi connectivity index (χ3v) is 1.75. The van der Waals surface area contributed by atoms with Crippen molar-refractivity contribution < 1.29 is 35.1 Å². The van der Waals surface area contributed by atoms with Crippen LogP contribution in [0.3, 0.4) is 0 Å². The van der Waals surface area contributed by atoms with E-state index in [1.807, 2.05) is 0 Å². The molecule has 1 atom stereocenters. The Bertz CT molecular complexity index is 819. The fourth-order valence-electron chi connectivity index (χ4n) is 0.990. The first kappa shape index (κ1) is 4.72. The second-order valence-corrected chi connectivity index (χ2v) is 3.21. The SMILES string of the molecule is [2H]C([2H])([2H])C(NC([2H])([2H])C([2H])(O)C([2H])([2H])Oc1ccc(C([2H])([2H])C([2H])([2H])OC)cc1)C([2H])([2H])[2H]. The molecule has 0 aliphatic carbocycles. The van der Waals surface area contributed by atoms with Crippen LogP contribution in [0.15, 0.2) is 24.3 Å². The first-order valence-corrected chi connectivity index (χ1v) is 5.18. The number of methoxy groups -OCH3 is 1. The number of aliphatic hydroxyl groups is 1. The monoisotopic (exact) mass is 282 g/mol. The average Bonchev–Trinajstić information content (AvgIpc) is 2.64. The van der Waals surface area contributed by atoms with E-state index in [0.717, 1.165) is 31.4 Å². The van der Waals surface area contributed by atoms with E-state index in [-0.39, 0.29) is 5.56 Å². The van der Waals surface area contributed by atoms with Gasteiger partial charge in [-0.1, -0.05) is 25.8 Å². The third-order valence-electron chi connectivity index (χ3n) is 1.75. The predicted octanol–water partition coefficient (Wildman–Crippen LogP) is 1.61. The lowest BCUT2D eigenvalue weighted by atomic mass is 10.1. The summed E-state index contributed by atoms with van der Waals surface area (Å²) in [5.74, 6) is -0.438. The molecule has 0 aromatic heterocycles. The van der Waals surface area contributed by atoms with Gasteiger partial charge in [0.05, 0.1) is 13.4 Å². The van der Waals surface area contributed by atoms with Crippen LogP contribution < -0.4 is 10.1 Å². The summed E-state index contributed by atoms with van der Waals surface area (Å²) in [6.45, 7) is -16.6. The van der Waals surface area contributed by atoms with Gasteiger partial charge in [-0.2, -0.15) is 0 Å². The van der Waals surface area contributed by atoms with Gasteiger partial charge in [-0.25, -0.2) is 0 Å². The topological polar surface area (TPSA) is 50.7 Å². The highest BCUT2D eigenvalue weighted by Crippen LogP contribution is 2.12. The Morgan fingerprint density at radius 2 is 2.16 bits per heavy atom. The van der Waals surface area contributed by atoms with Gasteiger partial charge >= 0.3 is 0 Å². The molecular formula is C15H25NO3. The number of aryl methyl sites for hydroxylation is 1. The standard InChI is InChI=1S/C15H25NO3/c1-12(2)16-10-14(17)11-19-15-6-4-13(5-7-15)8-9-18-3/h4-7,12,14,16-17H,8-11H2,1-3H3/i1D3,2D3,8D2,9D2,10D2,11D2,14D. The van der Waals surface area contributed by atoms with Gasteiger partial charge < -0.3 is 19.9 Å². The van der Waals surface area contributed by atoms with E-state index >= 15 is 0 Å². The Kier molecular flexibility index (Phi) is 2.21. The lowest BCUT2D eigenvalue weighted by Crippen LogP contribution is -2.35. The van der Waals surface area contributed by atoms with Crippen LogP contribution in [0.1, 0.15) is 39.8 Å². The maximum atomic E-state index is 10.4. The first-order valence-electron chi connectivity index (χ1n) is 12.7. The van der Waals surface area contributed by atoms with Gasteiger partial charge in [-0.15, -0.1) is 0 Å². The molecule has 2 N–H and O–H groups in total. The minimum Gasteiger partial charge on any atom is -0.491 e. The molecule has 0 fully saturated rings. The van der Waals surface area contributed by atoms with Crippen LogP contribution in [0.5, 0.6) is 5.75 Å². The molecule has 19 heavy (non-hydrogen) atoms. The highest BCUT2D eigenvalue weighted by atomic mass is 16.5. The Hall–Kier alpha value is -1.10. The van der Waals surface area contributed by atoms with Gasteiger partial charge in [0.2, 0.25) is 0 Å². The summed E-state index contributed by atoms with van der Waals surface area (Å²) in [4.78, 5) is 0. The lowest BCUT2D eigenvalue weighted by Gasteiger charge is -2.15. The number of rotatable bonds is 9. The summed E-state index contributed by atoms with van der Waals surface area (Å²) in [7, 11) is 0.962. The molecule has 1 aromatic carbocycles. The van der Waals surface area contributed by atoms with Crippen molar-refractivity contribution in [2.45, 2.75) is 32.2 Å². The van der Waals surface area contributed by atoms with Crippen molar-refractivity contribution in [3.05, 3.63) is 29.8 Å². The van der Waals surface area contributed by atoms with Crippen molar-refractivity contribution in [3.63, 3.8) is 0 Å². The minimum absolute atomic E-state index is 0.233. The number of benzene rings is 1. The zero-order chi connectivity index (χ0) is 27.2. The van der Waals surface area contributed by atoms with Crippen LogP contribution in [-0.2, 0) is 11.1 Å².